The van der Waals surface area contributed by atoms with Gasteiger partial charge in [0, 0.05) is 6.04 Å². The molecule has 0 heterocycles. The first-order valence-electron chi connectivity index (χ1n) is 11.8. The van der Waals surface area contributed by atoms with Crippen LogP contribution in [0.1, 0.15) is 40.8 Å². The third-order valence-corrected chi connectivity index (χ3v) is 5.96. The van der Waals surface area contributed by atoms with Crippen molar-refractivity contribution in [2.45, 2.75) is 50.6 Å². The molecular formula is C27H27F7N2O3. The summed E-state index contributed by atoms with van der Waals surface area (Å²) in [7, 11) is 1.53. The summed E-state index contributed by atoms with van der Waals surface area (Å²) in [5.74, 6) is -1.21. The molecule has 3 aromatic carbocycles. The van der Waals surface area contributed by atoms with Gasteiger partial charge in [-0.3, -0.25) is 10.6 Å². The van der Waals surface area contributed by atoms with Crippen LogP contribution in [0, 0.1) is 0 Å². The zero-order valence-electron chi connectivity index (χ0n) is 20.6. The maximum atomic E-state index is 13.0. The molecule has 0 saturated carbocycles. The Morgan fingerprint density at radius 1 is 0.795 bits per heavy atom. The molecule has 212 valence electrons. The van der Waals surface area contributed by atoms with Crippen molar-refractivity contribution in [2.24, 2.45) is 0 Å². The van der Waals surface area contributed by atoms with Crippen molar-refractivity contribution in [2.75, 3.05) is 7.05 Å². The maximum Gasteiger partial charge on any atom is 0.416 e. The second kappa shape index (κ2) is 13.6. The van der Waals surface area contributed by atoms with Gasteiger partial charge in [-0.15, -0.1) is 0 Å². The number of benzene rings is 3. The van der Waals surface area contributed by atoms with E-state index in [0.29, 0.717) is 16.7 Å². The molecule has 0 aliphatic rings. The van der Waals surface area contributed by atoms with Gasteiger partial charge in [0.15, 0.2) is 11.5 Å². The van der Waals surface area contributed by atoms with E-state index < -0.39 is 54.8 Å². The predicted molar refractivity (Wildman–Crippen MR) is 130 cm³/mol. The molecule has 3 N–H and O–H groups in total. The average Bonchev–Trinajstić information content (AvgIpc) is 2.89. The second-order valence-corrected chi connectivity index (χ2v) is 8.54. The van der Waals surface area contributed by atoms with E-state index in [4.69, 9.17) is 0 Å². The number of hydrogen-bond donors (Lipinski definition) is 3. The van der Waals surface area contributed by atoms with Gasteiger partial charge in [0.2, 0.25) is 0 Å². The third kappa shape index (κ3) is 8.84. The first-order chi connectivity index (χ1) is 18.5. The van der Waals surface area contributed by atoms with Gasteiger partial charge in [-0.1, -0.05) is 48.5 Å². The Bertz CT molecular complexity index is 1160. The molecule has 0 spiro atoms. The fourth-order valence-corrected chi connectivity index (χ4v) is 4.05. The van der Waals surface area contributed by atoms with Crippen LogP contribution in [-0.4, -0.2) is 31.6 Å². The van der Waals surface area contributed by atoms with Crippen LogP contribution in [0.2, 0.25) is 0 Å². The van der Waals surface area contributed by atoms with Gasteiger partial charge < -0.3 is 14.6 Å². The lowest BCUT2D eigenvalue weighted by atomic mass is 9.95. The van der Waals surface area contributed by atoms with Crippen LogP contribution in [0.15, 0.2) is 72.8 Å². The van der Waals surface area contributed by atoms with Crippen molar-refractivity contribution in [3.05, 3.63) is 95.1 Å². The van der Waals surface area contributed by atoms with Crippen LogP contribution in [0.25, 0.3) is 0 Å². The highest BCUT2D eigenvalue weighted by Crippen LogP contribution is 2.35. The standard InChI is InChI=1S/C27H27F7N2O3/c1-35-24(37)23(17-5-3-2-4-6-17)36-20(13-9-16-7-11-19(12-8-16)27(32,33)34)18-10-14-21(38-25(28)29)22(15-18)39-26(30)31/h2-8,10-12,14-15,20,23-26,35-37H,9,13H2,1H3/t20-,23+,24?/m0/s1. The van der Waals surface area contributed by atoms with E-state index in [9.17, 15) is 35.8 Å². The number of aryl methyl sites for hydroxylation is 1. The van der Waals surface area contributed by atoms with Crippen LogP contribution in [-0.2, 0) is 12.6 Å². The van der Waals surface area contributed by atoms with Gasteiger partial charge in [0.05, 0.1) is 11.6 Å². The normalized spacial score (nSPS) is 14.3. The molecule has 0 amide bonds. The molecule has 3 atom stereocenters. The Hall–Kier alpha value is -3.35. The molecule has 1 unspecified atom stereocenters. The molecule has 12 heteroatoms. The van der Waals surface area contributed by atoms with E-state index in [1.807, 2.05) is 0 Å². The van der Waals surface area contributed by atoms with Crippen molar-refractivity contribution in [1.82, 2.24) is 10.6 Å². The number of hydrogen-bond acceptors (Lipinski definition) is 5. The molecule has 0 saturated heterocycles. The molecule has 0 aliphatic heterocycles. The summed E-state index contributed by atoms with van der Waals surface area (Å²) in [4.78, 5) is 0. The average molecular weight is 561 g/mol. The number of nitrogens with one attached hydrogen (secondary N) is 2. The van der Waals surface area contributed by atoms with Crippen molar-refractivity contribution in [3.63, 3.8) is 0 Å². The minimum atomic E-state index is -4.49. The highest BCUT2D eigenvalue weighted by Gasteiger charge is 2.30. The number of rotatable bonds is 13. The summed E-state index contributed by atoms with van der Waals surface area (Å²) < 4.78 is 99.3. The summed E-state index contributed by atoms with van der Waals surface area (Å²) in [5.41, 5.74) is 0.788. The number of alkyl halides is 7. The lowest BCUT2D eigenvalue weighted by Gasteiger charge is -2.30. The van der Waals surface area contributed by atoms with Crippen molar-refractivity contribution in [1.29, 1.82) is 0 Å². The SMILES string of the molecule is CNC(O)[C@H](N[C@@H](CCc1ccc(C(F)(F)F)cc1)c1ccc(OC(F)F)c(OC(F)F)c1)c1ccccc1. The van der Waals surface area contributed by atoms with Gasteiger partial charge in [-0.2, -0.15) is 30.7 Å². The quantitative estimate of drug-likeness (QED) is 0.166. The Morgan fingerprint density at radius 3 is 1.97 bits per heavy atom. The van der Waals surface area contributed by atoms with Crippen LogP contribution < -0.4 is 20.1 Å². The molecule has 3 rings (SSSR count). The molecular weight excluding hydrogens is 533 g/mol. The van der Waals surface area contributed by atoms with Crippen molar-refractivity contribution < 1.29 is 45.3 Å². The highest BCUT2D eigenvalue weighted by atomic mass is 19.4. The largest absolute Gasteiger partial charge is 0.431 e. The number of aliphatic hydroxyl groups is 1. The molecule has 0 fully saturated rings. The third-order valence-electron chi connectivity index (χ3n) is 5.96. The molecule has 39 heavy (non-hydrogen) atoms. The van der Waals surface area contributed by atoms with E-state index in [1.165, 1.54) is 25.2 Å². The van der Waals surface area contributed by atoms with Gasteiger partial charge in [0.1, 0.15) is 6.23 Å². The van der Waals surface area contributed by atoms with E-state index in [2.05, 4.69) is 20.1 Å². The summed E-state index contributed by atoms with van der Waals surface area (Å²) in [6.45, 7) is -6.60. The number of aliphatic hydroxyl groups excluding tert-OH is 1. The van der Waals surface area contributed by atoms with Gasteiger partial charge in [-0.05, 0) is 60.8 Å². The van der Waals surface area contributed by atoms with Crippen LogP contribution in [0.5, 0.6) is 11.5 Å². The summed E-state index contributed by atoms with van der Waals surface area (Å²) in [5, 5.41) is 16.7. The molecule has 5 nitrogen and oxygen atoms in total. The van der Waals surface area contributed by atoms with Gasteiger partial charge in [0.25, 0.3) is 0 Å². The first-order valence-corrected chi connectivity index (χ1v) is 11.8. The topological polar surface area (TPSA) is 62.8 Å². The number of likely N-dealkylation sites (N-methyl/N-ethyl adjacent to an activating group) is 1. The Labute approximate surface area is 220 Å². The summed E-state index contributed by atoms with van der Waals surface area (Å²) >= 11 is 0. The minimum Gasteiger partial charge on any atom is -0.431 e. The predicted octanol–water partition coefficient (Wildman–Crippen LogP) is 6.45. The first kappa shape index (κ1) is 30.2. The Morgan fingerprint density at radius 2 is 1.41 bits per heavy atom. The Kier molecular flexibility index (Phi) is 10.6. The van der Waals surface area contributed by atoms with E-state index >= 15 is 0 Å². The van der Waals surface area contributed by atoms with Gasteiger partial charge >= 0.3 is 19.4 Å². The summed E-state index contributed by atoms with van der Waals surface area (Å²) in [6, 6.07) is 15.6. The van der Waals surface area contributed by atoms with Crippen LogP contribution in [0.3, 0.4) is 0 Å². The fourth-order valence-electron chi connectivity index (χ4n) is 4.05. The zero-order chi connectivity index (χ0) is 28.6. The van der Waals surface area contributed by atoms with Crippen molar-refractivity contribution in [3.8, 4) is 11.5 Å². The molecule has 0 aromatic heterocycles. The highest BCUT2D eigenvalue weighted by molar-refractivity contribution is 5.44. The molecule has 0 aliphatic carbocycles. The van der Waals surface area contributed by atoms with E-state index in [1.54, 1.807) is 30.3 Å². The van der Waals surface area contributed by atoms with Gasteiger partial charge in [-0.25, -0.2) is 0 Å². The monoisotopic (exact) mass is 560 g/mol. The lowest BCUT2D eigenvalue weighted by Crippen LogP contribution is -2.41. The molecule has 0 radical (unpaired) electrons. The maximum absolute atomic E-state index is 13.0. The molecule has 3 aromatic rings. The molecule has 0 bridgehead atoms. The number of ether oxygens (including phenoxy) is 2. The van der Waals surface area contributed by atoms with Crippen LogP contribution in [0.4, 0.5) is 30.7 Å². The zero-order valence-corrected chi connectivity index (χ0v) is 20.6. The van der Waals surface area contributed by atoms with Crippen molar-refractivity contribution >= 4 is 0 Å². The smallest absolute Gasteiger partial charge is 0.416 e. The summed E-state index contributed by atoms with van der Waals surface area (Å²) in [6.07, 6.45) is -5.10. The Balaban J connectivity index is 1.96. The van der Waals surface area contributed by atoms with Crippen LogP contribution >= 0.6 is 0 Å². The van der Waals surface area contributed by atoms with E-state index in [0.717, 1.165) is 24.3 Å². The fraction of sp³-hybridized carbons (Fsp3) is 0.333. The lowest BCUT2D eigenvalue weighted by molar-refractivity contribution is -0.137. The minimum absolute atomic E-state index is 0.230. The second-order valence-electron chi connectivity index (χ2n) is 8.54. The number of halogens is 7. The van der Waals surface area contributed by atoms with E-state index in [-0.39, 0.29) is 12.8 Å².